The molecule has 0 aromatic rings. The monoisotopic (exact) mass is 386 g/mol. The minimum absolute atomic E-state index is 0.531. The molecule has 0 bridgehead atoms. The molecule has 0 aromatic carbocycles. The lowest BCUT2D eigenvalue weighted by Gasteiger charge is -2.39. The summed E-state index contributed by atoms with van der Waals surface area (Å²) in [6, 6.07) is 0. The molecule has 2 nitrogen and oxygen atoms in total. The van der Waals surface area contributed by atoms with Gasteiger partial charge in [-0.2, -0.15) is 0 Å². The second kappa shape index (κ2) is 10.5. The lowest BCUT2D eigenvalue weighted by Crippen LogP contribution is -2.46. The second-order valence-corrected chi connectivity index (χ2v) is 9.46. The first-order valence-electron chi connectivity index (χ1n) is 11.5. The fourth-order valence-corrected chi connectivity index (χ4v) is 5.92. The Morgan fingerprint density at radius 1 is 0.704 bits per heavy atom. The Bertz CT molecular complexity index is 417. The Kier molecular flexibility index (Phi) is 8.38. The number of rotatable bonds is 7. The van der Waals surface area contributed by atoms with Crippen LogP contribution in [-0.2, 0) is 9.47 Å². The molecular weight excluding hydrogens is 346 g/mol. The van der Waals surface area contributed by atoms with Crippen LogP contribution in [-0.4, -0.2) is 38.3 Å². The topological polar surface area (TPSA) is 18.5 Å². The van der Waals surface area contributed by atoms with Crippen LogP contribution in [0.5, 0.6) is 0 Å². The fraction of sp³-hybridized carbons (Fsp3) is 1.00. The highest BCUT2D eigenvalue weighted by Crippen LogP contribution is 2.42. The molecule has 4 unspecified atom stereocenters. The molecule has 0 aromatic heterocycles. The molecule has 0 N–H and O–H groups in total. The molecule has 3 rings (SSSR count). The lowest BCUT2D eigenvalue weighted by atomic mass is 9.69. The van der Waals surface area contributed by atoms with Crippen molar-refractivity contribution in [2.75, 3.05) is 13.7 Å². The number of hydrogen-bond donors (Lipinski definition) is 0. The van der Waals surface area contributed by atoms with Crippen LogP contribution in [0.1, 0.15) is 84.0 Å². The van der Waals surface area contributed by atoms with Crippen molar-refractivity contribution in [2.24, 2.45) is 23.7 Å². The zero-order valence-electron chi connectivity index (χ0n) is 17.4. The quantitative estimate of drug-likeness (QED) is 0.513. The molecular formula is C23H40F2O2. The van der Waals surface area contributed by atoms with Gasteiger partial charge in [0, 0.05) is 13.7 Å². The molecule has 27 heavy (non-hydrogen) atoms. The molecule has 3 aliphatic carbocycles. The highest BCUT2D eigenvalue weighted by atomic mass is 19.2. The Balaban J connectivity index is 1.34. The lowest BCUT2D eigenvalue weighted by molar-refractivity contribution is -0.115. The van der Waals surface area contributed by atoms with E-state index in [1.54, 1.807) is 0 Å². The van der Waals surface area contributed by atoms with E-state index < -0.39 is 24.6 Å². The first-order chi connectivity index (χ1) is 13.1. The molecule has 3 saturated carbocycles. The molecule has 4 atom stereocenters. The van der Waals surface area contributed by atoms with E-state index in [4.69, 9.17) is 9.47 Å². The third-order valence-electron chi connectivity index (χ3n) is 7.75. The molecule has 0 amide bonds. The first-order valence-corrected chi connectivity index (χ1v) is 11.5. The maximum absolute atomic E-state index is 14.2. The van der Waals surface area contributed by atoms with Crippen molar-refractivity contribution >= 4 is 0 Å². The highest BCUT2D eigenvalue weighted by molar-refractivity contribution is 4.90. The minimum Gasteiger partial charge on any atom is -0.378 e. The van der Waals surface area contributed by atoms with Gasteiger partial charge in [0.05, 0.1) is 12.2 Å². The minimum atomic E-state index is -1.55. The van der Waals surface area contributed by atoms with E-state index in [-0.39, 0.29) is 0 Å². The van der Waals surface area contributed by atoms with Crippen LogP contribution in [0.4, 0.5) is 8.78 Å². The smallest absolute Gasteiger partial charge is 0.160 e. The van der Waals surface area contributed by atoms with Gasteiger partial charge in [-0.25, -0.2) is 8.78 Å². The van der Waals surface area contributed by atoms with Crippen LogP contribution >= 0.6 is 0 Å². The predicted molar refractivity (Wildman–Crippen MR) is 105 cm³/mol. The van der Waals surface area contributed by atoms with E-state index in [0.29, 0.717) is 25.4 Å². The maximum Gasteiger partial charge on any atom is 0.160 e. The number of hydrogen-bond acceptors (Lipinski definition) is 2. The van der Waals surface area contributed by atoms with Gasteiger partial charge in [0.25, 0.3) is 0 Å². The Hall–Kier alpha value is -0.220. The summed E-state index contributed by atoms with van der Waals surface area (Å²) >= 11 is 0. The summed E-state index contributed by atoms with van der Waals surface area (Å²) in [4.78, 5) is 0. The standard InChI is InChI=1S/C23H40F2O2/c1-3-4-16-5-9-18(10-6-16)19-11-7-17(8-12-19)15-27-21-14-13-20(26-2)22(24)23(21)25/h16-23H,3-15H2,1-2H3. The summed E-state index contributed by atoms with van der Waals surface area (Å²) in [6.07, 6.45) is 10.3. The molecule has 3 fully saturated rings. The third kappa shape index (κ3) is 5.65. The van der Waals surface area contributed by atoms with Crippen molar-refractivity contribution in [3.63, 3.8) is 0 Å². The zero-order chi connectivity index (χ0) is 19.2. The average molecular weight is 387 g/mol. The van der Waals surface area contributed by atoms with Crippen LogP contribution in [0.25, 0.3) is 0 Å². The summed E-state index contributed by atoms with van der Waals surface area (Å²) in [5, 5.41) is 0. The fourth-order valence-electron chi connectivity index (χ4n) is 5.92. The van der Waals surface area contributed by atoms with Crippen LogP contribution in [0.3, 0.4) is 0 Å². The Labute approximate surface area is 164 Å². The van der Waals surface area contributed by atoms with E-state index in [0.717, 1.165) is 17.8 Å². The molecule has 4 heteroatoms. The highest BCUT2D eigenvalue weighted by Gasteiger charge is 2.41. The number of ether oxygens (including phenoxy) is 2. The molecule has 0 aliphatic heterocycles. The normalized spacial score (nSPS) is 43.6. The van der Waals surface area contributed by atoms with Gasteiger partial charge in [-0.15, -0.1) is 0 Å². The van der Waals surface area contributed by atoms with E-state index in [2.05, 4.69) is 6.92 Å². The van der Waals surface area contributed by atoms with E-state index in [1.165, 1.54) is 71.3 Å². The van der Waals surface area contributed by atoms with Gasteiger partial charge in [0.15, 0.2) is 12.3 Å². The number of halogens is 2. The van der Waals surface area contributed by atoms with Gasteiger partial charge < -0.3 is 9.47 Å². The molecule has 0 saturated heterocycles. The second-order valence-electron chi connectivity index (χ2n) is 9.46. The Morgan fingerprint density at radius 2 is 1.22 bits per heavy atom. The number of methoxy groups -OCH3 is 1. The number of alkyl halides is 2. The summed E-state index contributed by atoms with van der Waals surface area (Å²) in [5.74, 6) is 3.34. The van der Waals surface area contributed by atoms with Crippen LogP contribution < -0.4 is 0 Å². The van der Waals surface area contributed by atoms with Gasteiger partial charge in [-0.05, 0) is 75.0 Å². The van der Waals surface area contributed by atoms with Gasteiger partial charge in [-0.1, -0.05) is 32.6 Å². The van der Waals surface area contributed by atoms with Crippen molar-refractivity contribution in [1.82, 2.24) is 0 Å². The van der Waals surface area contributed by atoms with Gasteiger partial charge in [-0.3, -0.25) is 0 Å². The zero-order valence-corrected chi connectivity index (χ0v) is 17.4. The first kappa shape index (κ1) is 21.5. The summed E-state index contributed by atoms with van der Waals surface area (Å²) in [5.41, 5.74) is 0. The SMILES string of the molecule is CCCC1CCC(C2CCC(COC3CCC(OC)C(F)C3F)CC2)CC1. The van der Waals surface area contributed by atoms with Gasteiger partial charge in [0.1, 0.15) is 0 Å². The van der Waals surface area contributed by atoms with Crippen molar-refractivity contribution < 1.29 is 18.3 Å². The maximum atomic E-state index is 14.2. The van der Waals surface area contributed by atoms with Gasteiger partial charge >= 0.3 is 0 Å². The summed E-state index contributed by atoms with van der Waals surface area (Å²) in [6.45, 7) is 2.91. The largest absolute Gasteiger partial charge is 0.378 e. The predicted octanol–water partition coefficient (Wildman–Crippen LogP) is 6.27. The van der Waals surface area contributed by atoms with Crippen molar-refractivity contribution in [2.45, 2.75) is 109 Å². The Morgan fingerprint density at radius 3 is 1.78 bits per heavy atom. The summed E-state index contributed by atoms with van der Waals surface area (Å²) in [7, 11) is 1.46. The van der Waals surface area contributed by atoms with Crippen LogP contribution in [0.15, 0.2) is 0 Å². The van der Waals surface area contributed by atoms with Gasteiger partial charge in [0.2, 0.25) is 0 Å². The van der Waals surface area contributed by atoms with Crippen molar-refractivity contribution in [3.05, 3.63) is 0 Å². The summed E-state index contributed by atoms with van der Waals surface area (Å²) < 4.78 is 39.1. The molecule has 0 spiro atoms. The third-order valence-corrected chi connectivity index (χ3v) is 7.75. The molecule has 0 radical (unpaired) electrons. The average Bonchev–Trinajstić information content (AvgIpc) is 2.70. The van der Waals surface area contributed by atoms with Crippen LogP contribution in [0.2, 0.25) is 0 Å². The van der Waals surface area contributed by atoms with Crippen LogP contribution in [0, 0.1) is 23.7 Å². The molecule has 3 aliphatic rings. The van der Waals surface area contributed by atoms with Crippen molar-refractivity contribution in [1.29, 1.82) is 0 Å². The van der Waals surface area contributed by atoms with Crippen molar-refractivity contribution in [3.8, 4) is 0 Å². The van der Waals surface area contributed by atoms with E-state index in [9.17, 15) is 8.78 Å². The molecule has 158 valence electrons. The van der Waals surface area contributed by atoms with E-state index in [1.807, 2.05) is 0 Å². The van der Waals surface area contributed by atoms with E-state index >= 15 is 0 Å². The molecule has 0 heterocycles.